The lowest BCUT2D eigenvalue weighted by atomic mass is 10.1. The van der Waals surface area contributed by atoms with Gasteiger partial charge in [-0.1, -0.05) is 13.8 Å². The summed E-state index contributed by atoms with van der Waals surface area (Å²) in [7, 11) is -3.56. The van der Waals surface area contributed by atoms with Crippen molar-refractivity contribution in [3.05, 3.63) is 11.3 Å². The Bertz CT molecular complexity index is 580. The summed E-state index contributed by atoms with van der Waals surface area (Å²) in [5.74, 6) is 0.799. The molecule has 2 rings (SSSR count). The number of hydrogen-bond donors (Lipinski definition) is 2. The molecule has 0 bridgehead atoms. The molecule has 0 aromatic carbocycles. The minimum absolute atomic E-state index is 0.0854. The second-order valence-corrected chi connectivity index (χ2v) is 9.25. The Morgan fingerprint density at radius 2 is 2.15 bits per heavy atom. The fourth-order valence-electron chi connectivity index (χ4n) is 2.25. The number of rotatable bonds is 3. The quantitative estimate of drug-likeness (QED) is 0.870. The smallest absolute Gasteiger partial charge is 0.262 e. The maximum Gasteiger partial charge on any atom is 0.262 e. The van der Waals surface area contributed by atoms with Crippen molar-refractivity contribution in [2.75, 3.05) is 18.8 Å². The SMILES string of the molecule is Cc1[nH]nc(S(=O)(=O)N2CCSC(C)(C)CC2)c1CN. The van der Waals surface area contributed by atoms with E-state index in [4.69, 9.17) is 5.73 Å². The molecule has 0 saturated carbocycles. The van der Waals surface area contributed by atoms with E-state index in [0.29, 0.717) is 18.7 Å². The van der Waals surface area contributed by atoms with Gasteiger partial charge in [0, 0.05) is 41.4 Å². The summed E-state index contributed by atoms with van der Waals surface area (Å²) in [6.07, 6.45) is 0.832. The second kappa shape index (κ2) is 5.67. The summed E-state index contributed by atoms with van der Waals surface area (Å²) in [4.78, 5) is 0. The van der Waals surface area contributed by atoms with Gasteiger partial charge >= 0.3 is 0 Å². The number of nitrogens with one attached hydrogen (secondary N) is 1. The zero-order valence-electron chi connectivity index (χ0n) is 12.1. The lowest BCUT2D eigenvalue weighted by Gasteiger charge is -2.22. The third kappa shape index (κ3) is 3.03. The molecule has 6 nitrogen and oxygen atoms in total. The van der Waals surface area contributed by atoms with Gasteiger partial charge in [0.25, 0.3) is 10.0 Å². The zero-order valence-corrected chi connectivity index (χ0v) is 13.8. The van der Waals surface area contributed by atoms with Gasteiger partial charge in [-0.05, 0) is 13.3 Å². The molecule has 114 valence electrons. The second-order valence-electron chi connectivity index (χ2n) is 5.60. The molecule has 0 aliphatic carbocycles. The topological polar surface area (TPSA) is 92.1 Å². The van der Waals surface area contributed by atoms with Crippen LogP contribution in [-0.2, 0) is 16.6 Å². The van der Waals surface area contributed by atoms with Gasteiger partial charge in [0.1, 0.15) is 0 Å². The van der Waals surface area contributed by atoms with Crippen molar-refractivity contribution >= 4 is 21.8 Å². The van der Waals surface area contributed by atoms with E-state index in [-0.39, 0.29) is 16.3 Å². The Balaban J connectivity index is 2.30. The Morgan fingerprint density at radius 3 is 2.80 bits per heavy atom. The third-order valence-electron chi connectivity index (χ3n) is 3.62. The first kappa shape index (κ1) is 15.8. The van der Waals surface area contributed by atoms with Gasteiger partial charge in [0.2, 0.25) is 0 Å². The Morgan fingerprint density at radius 1 is 1.45 bits per heavy atom. The molecule has 0 atom stereocenters. The summed E-state index contributed by atoms with van der Waals surface area (Å²) in [5.41, 5.74) is 6.95. The molecular weight excluding hydrogens is 296 g/mol. The molecule has 0 spiro atoms. The van der Waals surface area contributed by atoms with Crippen LogP contribution in [0.1, 0.15) is 31.5 Å². The van der Waals surface area contributed by atoms with E-state index in [1.807, 2.05) is 11.8 Å². The summed E-state index contributed by atoms with van der Waals surface area (Å²) >= 11 is 1.81. The van der Waals surface area contributed by atoms with E-state index >= 15 is 0 Å². The van der Waals surface area contributed by atoms with Gasteiger partial charge < -0.3 is 5.73 Å². The first-order valence-electron chi connectivity index (χ1n) is 6.66. The summed E-state index contributed by atoms with van der Waals surface area (Å²) in [5, 5.41) is 6.77. The van der Waals surface area contributed by atoms with Crippen LogP contribution in [0.15, 0.2) is 5.03 Å². The van der Waals surface area contributed by atoms with Crippen molar-refractivity contribution in [3.63, 3.8) is 0 Å². The number of aromatic nitrogens is 2. The van der Waals surface area contributed by atoms with Crippen molar-refractivity contribution in [2.45, 2.75) is 43.5 Å². The minimum Gasteiger partial charge on any atom is -0.326 e. The van der Waals surface area contributed by atoms with E-state index in [2.05, 4.69) is 24.0 Å². The molecule has 1 fully saturated rings. The van der Waals surface area contributed by atoms with E-state index in [9.17, 15) is 8.42 Å². The lowest BCUT2D eigenvalue weighted by molar-refractivity contribution is 0.413. The molecule has 2 heterocycles. The fraction of sp³-hybridized carbons (Fsp3) is 0.750. The van der Waals surface area contributed by atoms with Gasteiger partial charge in [0.05, 0.1) is 0 Å². The monoisotopic (exact) mass is 318 g/mol. The zero-order chi connectivity index (χ0) is 15.0. The highest BCUT2D eigenvalue weighted by atomic mass is 32.2. The van der Waals surface area contributed by atoms with Crippen molar-refractivity contribution in [1.82, 2.24) is 14.5 Å². The number of nitrogens with two attached hydrogens (primary N) is 1. The van der Waals surface area contributed by atoms with Crippen LogP contribution in [0.4, 0.5) is 0 Å². The Labute approximate surface area is 124 Å². The predicted octanol–water partition coefficient (Wildman–Crippen LogP) is 1.08. The van der Waals surface area contributed by atoms with Crippen LogP contribution < -0.4 is 5.73 Å². The van der Waals surface area contributed by atoms with E-state index in [1.165, 1.54) is 4.31 Å². The third-order valence-corrected chi connectivity index (χ3v) is 6.86. The molecule has 0 radical (unpaired) electrons. The highest BCUT2D eigenvalue weighted by Crippen LogP contribution is 2.32. The first-order valence-corrected chi connectivity index (χ1v) is 9.08. The standard InChI is InChI=1S/C12H22N4O2S2/c1-9-10(8-13)11(15-14-9)20(17,18)16-5-4-12(2,3)19-7-6-16/h4-8,13H2,1-3H3,(H,14,15). The average molecular weight is 318 g/mol. The van der Waals surface area contributed by atoms with Crippen LogP contribution in [0.5, 0.6) is 0 Å². The molecule has 0 amide bonds. The van der Waals surface area contributed by atoms with Crippen molar-refractivity contribution in [1.29, 1.82) is 0 Å². The summed E-state index contributed by atoms with van der Waals surface area (Å²) in [6.45, 7) is 7.31. The molecule has 8 heteroatoms. The molecule has 20 heavy (non-hydrogen) atoms. The maximum atomic E-state index is 12.7. The molecule has 1 aromatic rings. The number of aromatic amines is 1. The van der Waals surface area contributed by atoms with E-state index in [1.54, 1.807) is 6.92 Å². The van der Waals surface area contributed by atoms with Crippen LogP contribution in [0.2, 0.25) is 0 Å². The number of H-pyrrole nitrogens is 1. The average Bonchev–Trinajstić information content (AvgIpc) is 2.64. The maximum absolute atomic E-state index is 12.7. The number of nitrogens with zero attached hydrogens (tertiary/aromatic N) is 2. The molecule has 0 unspecified atom stereocenters. The summed E-state index contributed by atoms with van der Waals surface area (Å²) in [6, 6.07) is 0. The molecule has 1 aromatic heterocycles. The van der Waals surface area contributed by atoms with E-state index in [0.717, 1.165) is 17.9 Å². The minimum atomic E-state index is -3.56. The highest BCUT2D eigenvalue weighted by Gasteiger charge is 2.33. The predicted molar refractivity (Wildman–Crippen MR) is 81.1 cm³/mol. The molecular formula is C12H22N4O2S2. The molecule has 1 aliphatic rings. The van der Waals surface area contributed by atoms with E-state index < -0.39 is 10.0 Å². The number of thioether (sulfide) groups is 1. The fourth-order valence-corrected chi connectivity index (χ4v) is 5.08. The van der Waals surface area contributed by atoms with Gasteiger partial charge in [0.15, 0.2) is 5.03 Å². The molecule has 1 saturated heterocycles. The Kier molecular flexibility index (Phi) is 4.48. The first-order chi connectivity index (χ1) is 9.28. The van der Waals surface area contributed by atoms with Gasteiger partial charge in [-0.25, -0.2) is 8.42 Å². The highest BCUT2D eigenvalue weighted by molar-refractivity contribution is 8.00. The molecule has 3 N–H and O–H groups in total. The number of aryl methyl sites for hydroxylation is 1. The van der Waals surface area contributed by atoms with Crippen LogP contribution in [0.25, 0.3) is 0 Å². The van der Waals surface area contributed by atoms with Crippen molar-refractivity contribution in [3.8, 4) is 0 Å². The van der Waals surface area contributed by atoms with Gasteiger partial charge in [-0.15, -0.1) is 0 Å². The number of hydrogen-bond acceptors (Lipinski definition) is 5. The van der Waals surface area contributed by atoms with Crippen LogP contribution >= 0.6 is 11.8 Å². The number of sulfonamides is 1. The van der Waals surface area contributed by atoms with Crippen LogP contribution in [0, 0.1) is 6.92 Å². The van der Waals surface area contributed by atoms with Gasteiger partial charge in [-0.3, -0.25) is 5.10 Å². The van der Waals surface area contributed by atoms with Crippen LogP contribution in [-0.4, -0.2) is 46.5 Å². The van der Waals surface area contributed by atoms with Gasteiger partial charge in [-0.2, -0.15) is 21.2 Å². The summed E-state index contributed by atoms with van der Waals surface area (Å²) < 4.78 is 27.1. The normalized spacial score (nSPS) is 20.8. The lowest BCUT2D eigenvalue weighted by Crippen LogP contribution is -2.34. The van der Waals surface area contributed by atoms with Crippen molar-refractivity contribution in [2.24, 2.45) is 5.73 Å². The largest absolute Gasteiger partial charge is 0.326 e. The van der Waals surface area contributed by atoms with Crippen molar-refractivity contribution < 1.29 is 8.42 Å². The Hall–Kier alpha value is -0.570. The van der Waals surface area contributed by atoms with Crippen LogP contribution in [0.3, 0.4) is 0 Å². The molecule has 1 aliphatic heterocycles.